The van der Waals surface area contributed by atoms with Crippen molar-refractivity contribution in [3.05, 3.63) is 35.8 Å². The average molecular weight is 321 g/mol. The fourth-order valence-electron chi connectivity index (χ4n) is 1.81. The molecule has 0 aliphatic heterocycles. The van der Waals surface area contributed by atoms with Gasteiger partial charge in [0.2, 0.25) is 0 Å². The first-order valence-corrected chi connectivity index (χ1v) is 7.16. The van der Waals surface area contributed by atoms with Crippen molar-refractivity contribution in [1.29, 1.82) is 0 Å². The second-order valence-corrected chi connectivity index (χ2v) is 5.58. The van der Waals surface area contributed by atoms with Crippen LogP contribution in [-0.2, 0) is 0 Å². The van der Waals surface area contributed by atoms with E-state index in [0.29, 0.717) is 0 Å². The monoisotopic (exact) mass is 320 g/mol. The zero-order valence-electron chi connectivity index (χ0n) is 11.3. The van der Waals surface area contributed by atoms with E-state index in [2.05, 4.69) is 6.58 Å². The first-order valence-electron chi connectivity index (χ1n) is 6.19. The average Bonchev–Trinajstić information content (AvgIpc) is 2.88. The van der Waals surface area contributed by atoms with Crippen LogP contribution in [0.1, 0.15) is 47.0 Å². The number of carbonyl (C=O) groups excluding carboxylic acids is 1. The molecule has 1 aromatic heterocycles. The van der Waals surface area contributed by atoms with Gasteiger partial charge in [-0.15, -0.1) is 29.8 Å². The number of hydrogen-bond donors (Lipinski definition) is 2. The number of aliphatic hydroxyl groups is 2. The Bertz CT molecular complexity index is 482. The molecule has 112 valence electrons. The van der Waals surface area contributed by atoms with Crippen molar-refractivity contribution in [3.63, 3.8) is 0 Å². The molecule has 4 atom stereocenters. The number of Topliss-reactive ketones (excluding diaryl/α,β-unsaturated/α-hetero) is 1. The Morgan fingerprint density at radius 2 is 2.10 bits per heavy atom. The van der Waals surface area contributed by atoms with Crippen LogP contribution in [0.3, 0.4) is 0 Å². The number of aliphatic hydroxyl groups excluding tert-OH is 2. The quantitative estimate of drug-likeness (QED) is 0.459. The van der Waals surface area contributed by atoms with E-state index in [9.17, 15) is 15.0 Å². The minimum absolute atomic E-state index is 0.0989. The molecule has 0 spiro atoms. The molecule has 4 unspecified atom stereocenters. The van der Waals surface area contributed by atoms with E-state index in [1.807, 2.05) is 0 Å². The zero-order chi connectivity index (χ0) is 15.4. The second-order valence-electron chi connectivity index (χ2n) is 4.62. The molecule has 1 aromatic rings. The molecule has 0 fully saturated rings. The van der Waals surface area contributed by atoms with E-state index >= 15 is 0 Å². The molecule has 0 saturated carbocycles. The summed E-state index contributed by atoms with van der Waals surface area (Å²) in [5.74, 6) is -0.925. The molecular weight excluding hydrogens is 303 g/mol. The lowest BCUT2D eigenvalue weighted by Gasteiger charge is -2.16. The molecule has 6 heteroatoms. The van der Waals surface area contributed by atoms with E-state index in [-0.39, 0.29) is 28.7 Å². The van der Waals surface area contributed by atoms with Gasteiger partial charge in [0.15, 0.2) is 5.78 Å². The molecule has 0 saturated heterocycles. The predicted molar refractivity (Wildman–Crippen MR) is 78.4 cm³/mol. The maximum absolute atomic E-state index is 12.2. The van der Waals surface area contributed by atoms with Gasteiger partial charge in [-0.25, -0.2) is 0 Å². The van der Waals surface area contributed by atoms with E-state index < -0.39 is 23.4 Å². The summed E-state index contributed by atoms with van der Waals surface area (Å²) in [5.41, 5.74) is 0.385. The Balaban J connectivity index is 3.33. The van der Waals surface area contributed by atoms with Gasteiger partial charge in [-0.3, -0.25) is 4.79 Å². The highest BCUT2D eigenvalue weighted by Gasteiger charge is 2.31. The van der Waals surface area contributed by atoms with E-state index in [4.69, 9.17) is 27.6 Å². The summed E-state index contributed by atoms with van der Waals surface area (Å²) >= 11 is 11.5. The van der Waals surface area contributed by atoms with Crippen LogP contribution >= 0.6 is 23.2 Å². The van der Waals surface area contributed by atoms with Gasteiger partial charge in [-0.2, -0.15) is 0 Å². The third-order valence-corrected chi connectivity index (χ3v) is 3.58. The Morgan fingerprint density at radius 3 is 2.55 bits per heavy atom. The highest BCUT2D eigenvalue weighted by molar-refractivity contribution is 6.22. The van der Waals surface area contributed by atoms with E-state index in [0.717, 1.165) is 0 Å². The number of rotatable bonds is 7. The minimum atomic E-state index is -1.37. The smallest absolute Gasteiger partial charge is 0.196 e. The second kappa shape index (κ2) is 7.27. The molecule has 1 heterocycles. The third kappa shape index (κ3) is 3.44. The van der Waals surface area contributed by atoms with Crippen molar-refractivity contribution in [2.45, 2.75) is 31.4 Å². The summed E-state index contributed by atoms with van der Waals surface area (Å²) in [5, 5.41) is 19.3. The SMILES string of the molecule is C=CC(C)C(O)c1coc(C(C)Cl)c1C(=O)C(O)CCl. The molecule has 0 amide bonds. The van der Waals surface area contributed by atoms with Gasteiger partial charge in [-0.1, -0.05) is 13.0 Å². The Hall–Kier alpha value is -0.810. The maximum atomic E-state index is 12.2. The van der Waals surface area contributed by atoms with Gasteiger partial charge >= 0.3 is 0 Å². The van der Waals surface area contributed by atoms with E-state index in [1.54, 1.807) is 19.9 Å². The van der Waals surface area contributed by atoms with Gasteiger partial charge in [0.05, 0.1) is 29.2 Å². The zero-order valence-corrected chi connectivity index (χ0v) is 12.9. The first-order chi connectivity index (χ1) is 9.34. The van der Waals surface area contributed by atoms with Gasteiger partial charge < -0.3 is 14.6 Å². The normalized spacial score (nSPS) is 17.3. The van der Waals surface area contributed by atoms with Crippen molar-refractivity contribution >= 4 is 29.0 Å². The topological polar surface area (TPSA) is 70.7 Å². The molecular formula is C14H18Cl2O4. The van der Waals surface area contributed by atoms with Crippen LogP contribution in [0, 0.1) is 5.92 Å². The lowest BCUT2D eigenvalue weighted by molar-refractivity contribution is 0.0773. The number of alkyl halides is 2. The van der Waals surface area contributed by atoms with Gasteiger partial charge in [0.1, 0.15) is 11.9 Å². The van der Waals surface area contributed by atoms with Crippen molar-refractivity contribution in [2.24, 2.45) is 5.92 Å². The minimum Gasteiger partial charge on any atom is -0.467 e. The Labute approximate surface area is 128 Å². The molecule has 1 rings (SSSR count). The van der Waals surface area contributed by atoms with Crippen molar-refractivity contribution in [3.8, 4) is 0 Å². The Kier molecular flexibility index (Phi) is 6.27. The van der Waals surface area contributed by atoms with Crippen molar-refractivity contribution < 1.29 is 19.4 Å². The predicted octanol–water partition coefficient (Wildman–Crippen LogP) is 3.22. The van der Waals surface area contributed by atoms with Crippen LogP contribution in [0.25, 0.3) is 0 Å². The Morgan fingerprint density at radius 1 is 1.50 bits per heavy atom. The summed E-state index contributed by atoms with van der Waals surface area (Å²) in [6, 6.07) is 0. The molecule has 0 aromatic carbocycles. The highest BCUT2D eigenvalue weighted by Crippen LogP contribution is 2.34. The van der Waals surface area contributed by atoms with Crippen LogP contribution in [-0.4, -0.2) is 28.0 Å². The lowest BCUT2D eigenvalue weighted by atomic mass is 9.92. The molecule has 4 nitrogen and oxygen atoms in total. The van der Waals surface area contributed by atoms with Gasteiger partial charge in [-0.05, 0) is 6.92 Å². The van der Waals surface area contributed by atoms with Gasteiger partial charge in [0, 0.05) is 11.5 Å². The fraction of sp³-hybridized carbons (Fsp3) is 0.500. The number of halogens is 2. The number of ketones is 1. The van der Waals surface area contributed by atoms with Crippen molar-refractivity contribution in [2.75, 3.05) is 5.88 Å². The molecule has 20 heavy (non-hydrogen) atoms. The first kappa shape index (κ1) is 17.2. The molecule has 2 N–H and O–H groups in total. The van der Waals surface area contributed by atoms with Gasteiger partial charge in [0.25, 0.3) is 0 Å². The standard InChI is InChI=1S/C14H18Cl2O4/c1-4-7(2)12(18)9-6-20-14(8(3)16)11(9)13(19)10(17)5-15/h4,6-8,10,12,17-18H,1,5H2,2-3H3. The summed E-state index contributed by atoms with van der Waals surface area (Å²) in [4.78, 5) is 12.2. The number of furan rings is 1. The van der Waals surface area contributed by atoms with Crippen LogP contribution in [0.2, 0.25) is 0 Å². The molecule has 0 aliphatic rings. The van der Waals surface area contributed by atoms with Crippen LogP contribution < -0.4 is 0 Å². The summed E-state index contributed by atoms with van der Waals surface area (Å²) < 4.78 is 5.29. The number of hydrogen-bond acceptors (Lipinski definition) is 4. The molecule has 0 bridgehead atoms. The maximum Gasteiger partial charge on any atom is 0.196 e. The highest BCUT2D eigenvalue weighted by atomic mass is 35.5. The van der Waals surface area contributed by atoms with Crippen LogP contribution in [0.5, 0.6) is 0 Å². The summed E-state index contributed by atoms with van der Waals surface area (Å²) in [6.07, 6.45) is 0.510. The van der Waals surface area contributed by atoms with Crippen molar-refractivity contribution in [1.82, 2.24) is 0 Å². The summed E-state index contributed by atoms with van der Waals surface area (Å²) in [6.45, 7) is 6.99. The largest absolute Gasteiger partial charge is 0.467 e. The van der Waals surface area contributed by atoms with E-state index in [1.165, 1.54) is 6.26 Å². The lowest BCUT2D eigenvalue weighted by Crippen LogP contribution is -2.25. The van der Waals surface area contributed by atoms with Crippen LogP contribution in [0.15, 0.2) is 23.3 Å². The van der Waals surface area contributed by atoms with Crippen LogP contribution in [0.4, 0.5) is 0 Å². The third-order valence-electron chi connectivity index (χ3n) is 3.09. The summed E-state index contributed by atoms with van der Waals surface area (Å²) in [7, 11) is 0. The fourth-order valence-corrected chi connectivity index (χ4v) is 2.11. The molecule has 0 aliphatic carbocycles. The molecule has 0 radical (unpaired) electrons. The number of carbonyl (C=O) groups is 1.